The Morgan fingerprint density at radius 1 is 1.38 bits per heavy atom. The van der Waals surface area contributed by atoms with E-state index in [0.29, 0.717) is 19.6 Å². The van der Waals surface area contributed by atoms with Crippen LogP contribution in [0, 0.1) is 11.2 Å². The van der Waals surface area contributed by atoms with Crippen LogP contribution in [-0.2, 0) is 16.6 Å². The molecule has 0 radical (unpaired) electrons. The van der Waals surface area contributed by atoms with Crippen molar-refractivity contribution in [1.82, 2.24) is 9.62 Å². The second kappa shape index (κ2) is 6.02. The fraction of sp³-hybridized carbons (Fsp3) is 0.600. The Morgan fingerprint density at radius 3 is 2.71 bits per heavy atom. The molecule has 1 aliphatic heterocycles. The number of hydrogen-bond donors (Lipinski definition) is 1. The molecule has 0 spiro atoms. The molecule has 0 saturated carbocycles. The van der Waals surface area contributed by atoms with E-state index in [4.69, 9.17) is 0 Å². The molecule has 4 nitrogen and oxygen atoms in total. The van der Waals surface area contributed by atoms with E-state index < -0.39 is 15.8 Å². The third-order valence-electron chi connectivity index (χ3n) is 3.86. The van der Waals surface area contributed by atoms with Crippen molar-refractivity contribution in [2.45, 2.75) is 38.1 Å². The fourth-order valence-corrected chi connectivity index (χ4v) is 4.56. The van der Waals surface area contributed by atoms with Crippen molar-refractivity contribution < 1.29 is 12.8 Å². The lowest BCUT2D eigenvalue weighted by Gasteiger charge is -2.37. The lowest BCUT2D eigenvalue weighted by atomic mass is 9.85. The third kappa shape index (κ3) is 3.62. The van der Waals surface area contributed by atoms with Crippen molar-refractivity contribution in [1.29, 1.82) is 0 Å². The first-order valence-electron chi connectivity index (χ1n) is 7.19. The highest BCUT2D eigenvalue weighted by molar-refractivity contribution is 7.89. The van der Waals surface area contributed by atoms with Gasteiger partial charge in [-0.1, -0.05) is 19.9 Å². The maximum Gasteiger partial charge on any atom is 0.246 e. The Labute approximate surface area is 126 Å². The number of rotatable bonds is 4. The van der Waals surface area contributed by atoms with Crippen LogP contribution in [0.15, 0.2) is 23.1 Å². The molecule has 1 aromatic carbocycles. The van der Waals surface area contributed by atoms with Gasteiger partial charge in [-0.3, -0.25) is 0 Å². The van der Waals surface area contributed by atoms with Crippen molar-refractivity contribution >= 4 is 10.0 Å². The maximum atomic E-state index is 14.0. The van der Waals surface area contributed by atoms with Gasteiger partial charge in [0.05, 0.1) is 0 Å². The van der Waals surface area contributed by atoms with Crippen molar-refractivity contribution in [2.75, 3.05) is 20.1 Å². The minimum atomic E-state index is -3.77. The van der Waals surface area contributed by atoms with Crippen LogP contribution in [0.3, 0.4) is 0 Å². The van der Waals surface area contributed by atoms with Crippen LogP contribution in [0.25, 0.3) is 0 Å². The smallest absolute Gasteiger partial charge is 0.246 e. The number of nitrogens with one attached hydrogen (secondary N) is 1. The van der Waals surface area contributed by atoms with Gasteiger partial charge < -0.3 is 5.32 Å². The Balaban J connectivity index is 2.37. The summed E-state index contributed by atoms with van der Waals surface area (Å²) in [6.45, 7) is 5.49. The minimum absolute atomic E-state index is 0.0651. The van der Waals surface area contributed by atoms with Gasteiger partial charge >= 0.3 is 0 Å². The van der Waals surface area contributed by atoms with Gasteiger partial charge in [0, 0.05) is 19.6 Å². The second-order valence-electron chi connectivity index (χ2n) is 6.40. The first-order chi connectivity index (χ1) is 9.76. The molecule has 6 heteroatoms. The highest BCUT2D eigenvalue weighted by Crippen LogP contribution is 2.32. The molecule has 0 unspecified atom stereocenters. The summed E-state index contributed by atoms with van der Waals surface area (Å²) in [5.41, 5.74) is 0.693. The second-order valence-corrected chi connectivity index (χ2v) is 8.31. The van der Waals surface area contributed by atoms with Crippen LogP contribution in [0.1, 0.15) is 32.3 Å². The average molecular weight is 314 g/mol. The number of piperidine rings is 1. The van der Waals surface area contributed by atoms with E-state index in [2.05, 4.69) is 5.32 Å². The molecular formula is C15H23FN2O2S. The summed E-state index contributed by atoms with van der Waals surface area (Å²) in [7, 11) is -2.01. The van der Waals surface area contributed by atoms with Gasteiger partial charge in [0.15, 0.2) is 0 Å². The zero-order valence-electron chi connectivity index (χ0n) is 12.8. The van der Waals surface area contributed by atoms with E-state index >= 15 is 0 Å². The predicted molar refractivity (Wildman–Crippen MR) is 80.9 cm³/mol. The first-order valence-corrected chi connectivity index (χ1v) is 8.63. The average Bonchev–Trinajstić information content (AvgIpc) is 2.40. The SMILES string of the molecule is CNCc1ccc(F)c(S(=O)(=O)N2CCCC(C)(C)C2)c1. The molecule has 0 aliphatic carbocycles. The molecule has 1 heterocycles. The van der Waals surface area contributed by atoms with Gasteiger partial charge in [-0.15, -0.1) is 0 Å². The van der Waals surface area contributed by atoms with E-state index in [9.17, 15) is 12.8 Å². The van der Waals surface area contributed by atoms with E-state index in [-0.39, 0.29) is 10.3 Å². The number of halogens is 1. The van der Waals surface area contributed by atoms with Crippen molar-refractivity contribution in [3.63, 3.8) is 0 Å². The van der Waals surface area contributed by atoms with Crippen molar-refractivity contribution in [3.8, 4) is 0 Å². The zero-order chi connectivity index (χ0) is 15.7. The summed E-state index contributed by atoms with van der Waals surface area (Å²) >= 11 is 0. The molecule has 0 amide bonds. The zero-order valence-corrected chi connectivity index (χ0v) is 13.6. The van der Waals surface area contributed by atoms with Crippen LogP contribution in [0.2, 0.25) is 0 Å². The number of nitrogens with zero attached hydrogens (tertiary/aromatic N) is 1. The van der Waals surface area contributed by atoms with Gasteiger partial charge in [0.25, 0.3) is 0 Å². The summed E-state index contributed by atoms with van der Waals surface area (Å²) in [6, 6.07) is 4.27. The summed E-state index contributed by atoms with van der Waals surface area (Å²) < 4.78 is 40.9. The van der Waals surface area contributed by atoms with Crippen LogP contribution < -0.4 is 5.32 Å². The normalized spacial score (nSPS) is 19.6. The first kappa shape index (κ1) is 16.4. The molecule has 1 saturated heterocycles. The van der Waals surface area contributed by atoms with Crippen LogP contribution in [0.5, 0.6) is 0 Å². The highest BCUT2D eigenvalue weighted by atomic mass is 32.2. The summed E-state index contributed by atoms with van der Waals surface area (Å²) in [5, 5.41) is 2.94. The molecule has 0 aromatic heterocycles. The number of sulfonamides is 1. The Kier molecular flexibility index (Phi) is 4.70. The van der Waals surface area contributed by atoms with Gasteiger partial charge in [-0.25, -0.2) is 12.8 Å². The molecule has 1 aliphatic rings. The van der Waals surface area contributed by atoms with Gasteiger partial charge in [-0.2, -0.15) is 4.31 Å². The van der Waals surface area contributed by atoms with E-state index in [1.165, 1.54) is 16.4 Å². The molecule has 0 bridgehead atoms. The van der Waals surface area contributed by atoms with E-state index in [1.54, 1.807) is 13.1 Å². The van der Waals surface area contributed by atoms with Crippen LogP contribution >= 0.6 is 0 Å². The Bertz CT molecular complexity index is 614. The third-order valence-corrected chi connectivity index (χ3v) is 5.72. The number of hydrogen-bond acceptors (Lipinski definition) is 3. The lowest BCUT2D eigenvalue weighted by molar-refractivity contribution is 0.186. The summed E-state index contributed by atoms with van der Waals surface area (Å²) in [4.78, 5) is -0.215. The van der Waals surface area contributed by atoms with Crippen LogP contribution in [0.4, 0.5) is 4.39 Å². The summed E-state index contributed by atoms with van der Waals surface area (Å²) in [6.07, 6.45) is 1.80. The maximum absolute atomic E-state index is 14.0. The minimum Gasteiger partial charge on any atom is -0.316 e. The van der Waals surface area contributed by atoms with Gasteiger partial charge in [0.1, 0.15) is 10.7 Å². The Hall–Kier alpha value is -0.980. The van der Waals surface area contributed by atoms with Crippen molar-refractivity contribution in [2.24, 2.45) is 5.41 Å². The predicted octanol–water partition coefficient (Wildman–Crippen LogP) is 2.36. The molecule has 1 fully saturated rings. The molecule has 1 aromatic rings. The Morgan fingerprint density at radius 2 is 2.10 bits per heavy atom. The lowest BCUT2D eigenvalue weighted by Crippen LogP contribution is -2.43. The van der Waals surface area contributed by atoms with Crippen LogP contribution in [-0.4, -0.2) is 32.9 Å². The molecule has 2 rings (SSSR count). The summed E-state index contributed by atoms with van der Waals surface area (Å²) in [5.74, 6) is -0.682. The van der Waals surface area contributed by atoms with Gasteiger partial charge in [-0.05, 0) is 43.0 Å². The molecule has 1 N–H and O–H groups in total. The molecular weight excluding hydrogens is 291 g/mol. The van der Waals surface area contributed by atoms with Crippen molar-refractivity contribution in [3.05, 3.63) is 29.6 Å². The molecule has 21 heavy (non-hydrogen) atoms. The van der Waals surface area contributed by atoms with E-state index in [0.717, 1.165) is 18.4 Å². The number of benzene rings is 1. The largest absolute Gasteiger partial charge is 0.316 e. The van der Waals surface area contributed by atoms with E-state index in [1.807, 2.05) is 13.8 Å². The highest BCUT2D eigenvalue weighted by Gasteiger charge is 2.35. The fourth-order valence-electron chi connectivity index (χ4n) is 2.77. The van der Waals surface area contributed by atoms with Gasteiger partial charge in [0.2, 0.25) is 10.0 Å². The topological polar surface area (TPSA) is 49.4 Å². The molecule has 118 valence electrons. The molecule has 0 atom stereocenters. The standard InChI is InChI=1S/C15H23FN2O2S/c1-15(2)7-4-8-18(11-15)21(19,20)14-9-12(10-17-3)5-6-13(14)16/h5-6,9,17H,4,7-8,10-11H2,1-3H3. The quantitative estimate of drug-likeness (QED) is 0.928. The monoisotopic (exact) mass is 314 g/mol.